The molecule has 2 amide bonds. The third kappa shape index (κ3) is 11.6. The van der Waals surface area contributed by atoms with Crippen LogP contribution in [0.4, 0.5) is 9.59 Å². The van der Waals surface area contributed by atoms with Crippen LogP contribution in [-0.2, 0) is 9.47 Å². The van der Waals surface area contributed by atoms with Gasteiger partial charge in [-0.05, 0) is 67.2 Å². The van der Waals surface area contributed by atoms with Gasteiger partial charge in [0.2, 0.25) is 0 Å². The molecule has 0 radical (unpaired) electrons. The van der Waals surface area contributed by atoms with Crippen molar-refractivity contribution in [2.45, 2.75) is 128 Å². The van der Waals surface area contributed by atoms with Crippen LogP contribution in [0.15, 0.2) is 0 Å². The summed E-state index contributed by atoms with van der Waals surface area (Å²) in [7, 11) is 0. The highest BCUT2D eigenvalue weighted by Gasteiger charge is 2.26. The lowest BCUT2D eigenvalue weighted by Crippen LogP contribution is -2.50. The van der Waals surface area contributed by atoms with Crippen LogP contribution >= 0.6 is 0 Å². The van der Waals surface area contributed by atoms with E-state index >= 15 is 0 Å². The molecule has 0 unspecified atom stereocenters. The first kappa shape index (κ1) is 26.5. The van der Waals surface area contributed by atoms with Crippen LogP contribution in [0.3, 0.4) is 0 Å². The highest BCUT2D eigenvalue weighted by atomic mass is 16.6. The van der Waals surface area contributed by atoms with Crippen molar-refractivity contribution < 1.29 is 19.1 Å². The number of carbonyl (C=O) groups excluding carboxylic acids is 2. The van der Waals surface area contributed by atoms with E-state index in [-0.39, 0.29) is 36.4 Å². The monoisotopic (exact) mass is 428 g/mol. The van der Waals surface area contributed by atoms with Crippen molar-refractivity contribution in [2.75, 3.05) is 0 Å². The zero-order valence-corrected chi connectivity index (χ0v) is 19.8. The van der Waals surface area contributed by atoms with Crippen molar-refractivity contribution >= 4 is 12.2 Å². The third-order valence-corrected chi connectivity index (χ3v) is 5.04. The Morgan fingerprint density at radius 2 is 0.967 bits per heavy atom. The van der Waals surface area contributed by atoms with E-state index in [1.54, 1.807) is 0 Å². The third-order valence-electron chi connectivity index (χ3n) is 5.04. The molecule has 2 saturated carbocycles. The summed E-state index contributed by atoms with van der Waals surface area (Å²) in [6.07, 6.45) is 7.76. The number of hydrogen-bond donors (Lipinski definition) is 4. The van der Waals surface area contributed by atoms with Crippen molar-refractivity contribution in [3.05, 3.63) is 0 Å². The van der Waals surface area contributed by atoms with Gasteiger partial charge in [-0.15, -0.1) is 0 Å². The molecule has 4 atom stereocenters. The lowest BCUT2D eigenvalue weighted by molar-refractivity contribution is 0.0474. The Morgan fingerprint density at radius 1 is 0.667 bits per heavy atom. The Labute approximate surface area is 182 Å². The summed E-state index contributed by atoms with van der Waals surface area (Å²) in [5.41, 5.74) is 11.0. The predicted octanol–water partition coefficient (Wildman–Crippen LogP) is 3.56. The molecular weight excluding hydrogens is 384 g/mol. The molecule has 8 nitrogen and oxygen atoms in total. The quantitative estimate of drug-likeness (QED) is 0.532. The van der Waals surface area contributed by atoms with Crippen molar-refractivity contribution in [1.29, 1.82) is 0 Å². The standard InChI is InChI=1S/2C11H22N2O2/c2*1-11(2,3)15-10(14)13-9-7-5-4-6-8(9)12/h2*8-9H,4-7,12H2,1-3H3,(H,13,14)/t2*8-,9+/m10/s1. The predicted molar refractivity (Wildman–Crippen MR) is 119 cm³/mol. The summed E-state index contributed by atoms with van der Waals surface area (Å²) >= 11 is 0. The molecule has 2 aliphatic rings. The number of nitrogens with one attached hydrogen (secondary N) is 2. The summed E-state index contributed by atoms with van der Waals surface area (Å²) in [5, 5.41) is 5.68. The van der Waals surface area contributed by atoms with Crippen molar-refractivity contribution in [3.63, 3.8) is 0 Å². The van der Waals surface area contributed by atoms with Crippen molar-refractivity contribution in [1.82, 2.24) is 10.6 Å². The number of carbonyl (C=O) groups is 2. The average molecular weight is 429 g/mol. The molecule has 0 spiro atoms. The minimum absolute atomic E-state index is 0.0752. The van der Waals surface area contributed by atoms with Gasteiger partial charge in [-0.1, -0.05) is 25.7 Å². The minimum atomic E-state index is -0.442. The maximum atomic E-state index is 11.5. The number of ether oxygens (including phenoxy) is 2. The molecule has 0 bridgehead atoms. The topological polar surface area (TPSA) is 129 Å². The van der Waals surface area contributed by atoms with Gasteiger partial charge >= 0.3 is 12.2 Å². The van der Waals surface area contributed by atoms with Gasteiger partial charge in [-0.3, -0.25) is 0 Å². The molecule has 0 aliphatic heterocycles. The first-order valence-corrected chi connectivity index (χ1v) is 11.3. The number of alkyl carbamates (subject to hydrolysis) is 2. The summed E-state index contributed by atoms with van der Waals surface area (Å²) in [4.78, 5) is 23.0. The van der Waals surface area contributed by atoms with Gasteiger partial charge < -0.3 is 31.6 Å². The molecule has 2 rings (SSSR count). The Balaban J connectivity index is 0.000000300. The van der Waals surface area contributed by atoms with Crippen molar-refractivity contribution in [2.24, 2.45) is 11.5 Å². The van der Waals surface area contributed by atoms with Gasteiger partial charge in [0, 0.05) is 24.2 Å². The van der Waals surface area contributed by atoms with E-state index in [0.717, 1.165) is 51.4 Å². The second-order valence-electron chi connectivity index (χ2n) is 10.4. The maximum absolute atomic E-state index is 11.5. The van der Waals surface area contributed by atoms with Gasteiger partial charge in [-0.2, -0.15) is 0 Å². The zero-order chi connectivity index (χ0) is 22.9. The van der Waals surface area contributed by atoms with Crippen LogP contribution in [0, 0.1) is 0 Å². The van der Waals surface area contributed by atoms with Crippen LogP contribution in [-0.4, -0.2) is 47.6 Å². The number of amides is 2. The fourth-order valence-electron chi connectivity index (χ4n) is 3.60. The largest absolute Gasteiger partial charge is 0.444 e. The lowest BCUT2D eigenvalue weighted by Gasteiger charge is -2.30. The summed E-state index contributed by atoms with van der Waals surface area (Å²) in [6, 6.07) is 0.305. The van der Waals surface area contributed by atoms with Gasteiger partial charge in [-0.25, -0.2) is 9.59 Å². The molecule has 0 saturated heterocycles. The first-order valence-electron chi connectivity index (χ1n) is 11.3. The molecule has 8 heteroatoms. The van der Waals surface area contributed by atoms with Crippen LogP contribution < -0.4 is 22.1 Å². The Bertz CT molecular complexity index is 494. The smallest absolute Gasteiger partial charge is 0.407 e. The van der Waals surface area contributed by atoms with Gasteiger partial charge in [0.15, 0.2) is 0 Å². The Hall–Kier alpha value is -1.54. The van der Waals surface area contributed by atoms with E-state index in [1.165, 1.54) is 0 Å². The average Bonchev–Trinajstić information content (AvgIpc) is 2.56. The molecule has 0 aromatic carbocycles. The molecule has 0 aromatic rings. The van der Waals surface area contributed by atoms with Crippen LogP contribution in [0.25, 0.3) is 0 Å². The summed E-state index contributed by atoms with van der Waals surface area (Å²) < 4.78 is 10.4. The van der Waals surface area contributed by atoms with E-state index in [1.807, 2.05) is 41.5 Å². The second-order valence-corrected chi connectivity index (χ2v) is 10.4. The fourth-order valence-corrected chi connectivity index (χ4v) is 3.60. The first-order chi connectivity index (χ1) is 13.8. The molecule has 0 aromatic heterocycles. The molecule has 2 fully saturated rings. The minimum Gasteiger partial charge on any atom is -0.444 e. The maximum Gasteiger partial charge on any atom is 0.407 e. The second kappa shape index (κ2) is 11.7. The van der Waals surface area contributed by atoms with E-state index in [2.05, 4.69) is 10.6 Å². The van der Waals surface area contributed by atoms with E-state index in [9.17, 15) is 9.59 Å². The Kier molecular flexibility index (Phi) is 10.4. The molecule has 30 heavy (non-hydrogen) atoms. The van der Waals surface area contributed by atoms with E-state index in [4.69, 9.17) is 20.9 Å². The molecule has 2 aliphatic carbocycles. The van der Waals surface area contributed by atoms with Crippen molar-refractivity contribution in [3.8, 4) is 0 Å². The normalized spacial score (nSPS) is 27.2. The highest BCUT2D eigenvalue weighted by Crippen LogP contribution is 2.18. The van der Waals surface area contributed by atoms with Crippen LogP contribution in [0.5, 0.6) is 0 Å². The zero-order valence-electron chi connectivity index (χ0n) is 19.8. The van der Waals surface area contributed by atoms with Gasteiger partial charge in [0.1, 0.15) is 11.2 Å². The summed E-state index contributed by atoms with van der Waals surface area (Å²) in [6.45, 7) is 11.1. The summed E-state index contributed by atoms with van der Waals surface area (Å²) in [5.74, 6) is 0. The molecule has 0 heterocycles. The SMILES string of the molecule is CC(C)(C)OC(=O)N[C@@H]1CCCC[C@@H]1N.CC(C)(C)OC(=O)N[C@H]1CCCC[C@H]1N. The van der Waals surface area contributed by atoms with E-state index < -0.39 is 11.2 Å². The van der Waals surface area contributed by atoms with Crippen LogP contribution in [0.1, 0.15) is 92.9 Å². The lowest BCUT2D eigenvalue weighted by atomic mass is 9.91. The van der Waals surface area contributed by atoms with Gasteiger partial charge in [0.25, 0.3) is 0 Å². The Morgan fingerprint density at radius 3 is 1.23 bits per heavy atom. The highest BCUT2D eigenvalue weighted by molar-refractivity contribution is 5.68. The number of hydrogen-bond acceptors (Lipinski definition) is 6. The number of rotatable bonds is 2. The molecular formula is C22H44N4O4. The molecule has 6 N–H and O–H groups in total. The fraction of sp³-hybridized carbons (Fsp3) is 0.909. The van der Waals surface area contributed by atoms with E-state index in [0.29, 0.717) is 0 Å². The van der Waals surface area contributed by atoms with Gasteiger partial charge in [0.05, 0.1) is 0 Å². The molecule has 176 valence electrons. The number of nitrogens with two attached hydrogens (primary N) is 2. The van der Waals surface area contributed by atoms with Crippen LogP contribution in [0.2, 0.25) is 0 Å².